The number of nitrogens with zero attached hydrogens (tertiary/aromatic N) is 2. The number of rotatable bonds is 5. The van der Waals surface area contributed by atoms with Gasteiger partial charge in [-0.05, 0) is 25.1 Å². The molecular formula is C16H13N3O4S. The van der Waals surface area contributed by atoms with Gasteiger partial charge in [0.05, 0.1) is 15.1 Å². The van der Waals surface area contributed by atoms with Gasteiger partial charge in [-0.25, -0.2) is 4.98 Å². The Kier molecular flexibility index (Phi) is 4.39. The molecule has 7 nitrogen and oxygen atoms in total. The van der Waals surface area contributed by atoms with E-state index in [0.29, 0.717) is 21.1 Å². The van der Waals surface area contributed by atoms with Crippen molar-refractivity contribution in [3.8, 4) is 5.75 Å². The van der Waals surface area contributed by atoms with Crippen LogP contribution in [0.2, 0.25) is 0 Å². The standard InChI is InChI=1S/C16H13N3O4S/c1-10(23-12-5-3-2-4-6-12)15(20)18-16-17-13-8-7-11(19(21)22)9-14(13)24-16/h2-10H,1H3,(H,17,18,20). The van der Waals surface area contributed by atoms with Crippen molar-refractivity contribution in [2.45, 2.75) is 13.0 Å². The van der Waals surface area contributed by atoms with E-state index in [1.807, 2.05) is 18.2 Å². The highest BCUT2D eigenvalue weighted by molar-refractivity contribution is 7.22. The molecule has 0 aliphatic rings. The number of fused-ring (bicyclic) bond motifs is 1. The van der Waals surface area contributed by atoms with Gasteiger partial charge in [0, 0.05) is 12.1 Å². The summed E-state index contributed by atoms with van der Waals surface area (Å²) in [6, 6.07) is 13.4. The second-order valence-corrected chi connectivity index (χ2v) is 6.02. The van der Waals surface area contributed by atoms with Gasteiger partial charge in [0.2, 0.25) is 0 Å². The summed E-state index contributed by atoms with van der Waals surface area (Å²) in [6.45, 7) is 1.64. The van der Waals surface area contributed by atoms with E-state index in [2.05, 4.69) is 10.3 Å². The van der Waals surface area contributed by atoms with E-state index < -0.39 is 11.0 Å². The molecule has 0 saturated heterocycles. The first-order valence-corrected chi connectivity index (χ1v) is 7.92. The molecule has 3 rings (SSSR count). The van der Waals surface area contributed by atoms with Crippen LogP contribution in [0.4, 0.5) is 10.8 Å². The maximum atomic E-state index is 12.2. The minimum absolute atomic E-state index is 0.00944. The van der Waals surface area contributed by atoms with Gasteiger partial charge in [0.1, 0.15) is 5.75 Å². The number of para-hydroxylation sites is 1. The first kappa shape index (κ1) is 15.9. The van der Waals surface area contributed by atoms with Crippen molar-refractivity contribution >= 4 is 38.3 Å². The lowest BCUT2D eigenvalue weighted by Crippen LogP contribution is -2.30. The Labute approximate surface area is 141 Å². The smallest absolute Gasteiger partial charge is 0.270 e. The third kappa shape index (κ3) is 3.49. The monoisotopic (exact) mass is 343 g/mol. The Hall–Kier alpha value is -3.00. The van der Waals surface area contributed by atoms with Crippen molar-refractivity contribution in [1.82, 2.24) is 4.98 Å². The van der Waals surface area contributed by atoms with Crippen molar-refractivity contribution in [3.63, 3.8) is 0 Å². The van der Waals surface area contributed by atoms with Crippen molar-refractivity contribution in [3.05, 3.63) is 58.6 Å². The van der Waals surface area contributed by atoms with Gasteiger partial charge in [-0.2, -0.15) is 0 Å². The summed E-state index contributed by atoms with van der Waals surface area (Å²) < 4.78 is 6.18. The first-order valence-electron chi connectivity index (χ1n) is 7.10. The van der Waals surface area contributed by atoms with Crippen molar-refractivity contribution in [2.24, 2.45) is 0 Å². The molecule has 0 aliphatic carbocycles. The van der Waals surface area contributed by atoms with Crippen LogP contribution in [0.15, 0.2) is 48.5 Å². The Morgan fingerprint density at radius 3 is 2.75 bits per heavy atom. The van der Waals surface area contributed by atoms with Crippen LogP contribution in [0.1, 0.15) is 6.92 Å². The van der Waals surface area contributed by atoms with Crippen molar-refractivity contribution in [1.29, 1.82) is 0 Å². The van der Waals surface area contributed by atoms with Gasteiger partial charge in [-0.15, -0.1) is 0 Å². The van der Waals surface area contributed by atoms with E-state index in [1.54, 1.807) is 25.1 Å². The molecule has 0 aliphatic heterocycles. The average Bonchev–Trinajstić information content (AvgIpc) is 2.96. The highest BCUT2D eigenvalue weighted by Crippen LogP contribution is 2.29. The first-order chi connectivity index (χ1) is 11.5. The van der Waals surface area contributed by atoms with E-state index in [-0.39, 0.29) is 11.6 Å². The fourth-order valence-corrected chi connectivity index (χ4v) is 2.95. The molecule has 24 heavy (non-hydrogen) atoms. The number of carbonyl (C=O) groups is 1. The molecule has 0 radical (unpaired) electrons. The van der Waals surface area contributed by atoms with Crippen LogP contribution >= 0.6 is 11.3 Å². The number of anilines is 1. The van der Waals surface area contributed by atoms with Gasteiger partial charge in [0.25, 0.3) is 11.6 Å². The number of thiazole rings is 1. The number of ether oxygens (including phenoxy) is 1. The van der Waals surface area contributed by atoms with Crippen LogP contribution in [0.25, 0.3) is 10.2 Å². The third-order valence-electron chi connectivity index (χ3n) is 3.24. The molecule has 0 saturated carbocycles. The van der Waals surface area contributed by atoms with Gasteiger partial charge < -0.3 is 4.74 Å². The number of aromatic nitrogens is 1. The predicted octanol–water partition coefficient (Wildman–Crippen LogP) is 3.61. The minimum Gasteiger partial charge on any atom is -0.481 e. The summed E-state index contributed by atoms with van der Waals surface area (Å²) in [7, 11) is 0. The molecule has 0 bridgehead atoms. The zero-order chi connectivity index (χ0) is 17.1. The number of nitro benzene ring substituents is 1. The van der Waals surface area contributed by atoms with E-state index in [9.17, 15) is 14.9 Å². The second kappa shape index (κ2) is 6.63. The Morgan fingerprint density at radius 2 is 2.04 bits per heavy atom. The van der Waals surface area contributed by atoms with E-state index in [0.717, 1.165) is 0 Å². The summed E-state index contributed by atoms with van der Waals surface area (Å²) in [5.74, 6) is 0.257. The summed E-state index contributed by atoms with van der Waals surface area (Å²) in [5.41, 5.74) is 0.585. The molecular weight excluding hydrogens is 330 g/mol. The topological polar surface area (TPSA) is 94.4 Å². The molecule has 122 valence electrons. The highest BCUT2D eigenvalue weighted by Gasteiger charge is 2.17. The molecule has 8 heteroatoms. The number of nitro groups is 1. The van der Waals surface area contributed by atoms with E-state index in [1.165, 1.54) is 23.5 Å². The molecule has 0 fully saturated rings. The number of nitrogens with one attached hydrogen (secondary N) is 1. The highest BCUT2D eigenvalue weighted by atomic mass is 32.1. The normalized spacial score (nSPS) is 11.9. The molecule has 1 heterocycles. The zero-order valence-corrected chi connectivity index (χ0v) is 13.4. The van der Waals surface area contributed by atoms with Crippen LogP contribution in [0.3, 0.4) is 0 Å². The quantitative estimate of drug-likeness (QED) is 0.564. The van der Waals surface area contributed by atoms with Gasteiger partial charge >= 0.3 is 0 Å². The number of hydrogen-bond donors (Lipinski definition) is 1. The lowest BCUT2D eigenvalue weighted by Gasteiger charge is -2.13. The third-order valence-corrected chi connectivity index (χ3v) is 4.17. The Balaban J connectivity index is 1.71. The second-order valence-electron chi connectivity index (χ2n) is 4.99. The van der Waals surface area contributed by atoms with Crippen LogP contribution in [-0.4, -0.2) is 21.9 Å². The molecule has 1 N–H and O–H groups in total. The summed E-state index contributed by atoms with van der Waals surface area (Å²) in [5, 5.41) is 13.8. The molecule has 1 amide bonds. The van der Waals surface area contributed by atoms with E-state index in [4.69, 9.17) is 4.74 Å². The molecule has 1 unspecified atom stereocenters. The maximum absolute atomic E-state index is 12.2. The average molecular weight is 343 g/mol. The molecule has 1 atom stereocenters. The Morgan fingerprint density at radius 1 is 1.29 bits per heavy atom. The van der Waals surface area contributed by atoms with Gasteiger partial charge in [-0.1, -0.05) is 29.5 Å². The summed E-state index contributed by atoms with van der Waals surface area (Å²) in [6.07, 6.45) is -0.700. The van der Waals surface area contributed by atoms with Crippen LogP contribution < -0.4 is 10.1 Å². The zero-order valence-electron chi connectivity index (χ0n) is 12.6. The van der Waals surface area contributed by atoms with Gasteiger partial charge in [0.15, 0.2) is 11.2 Å². The predicted molar refractivity (Wildman–Crippen MR) is 91.4 cm³/mol. The molecule has 3 aromatic rings. The maximum Gasteiger partial charge on any atom is 0.270 e. The minimum atomic E-state index is -0.700. The van der Waals surface area contributed by atoms with Crippen molar-refractivity contribution < 1.29 is 14.5 Å². The largest absolute Gasteiger partial charge is 0.481 e. The fraction of sp³-hybridized carbons (Fsp3) is 0.125. The number of carbonyl (C=O) groups excluding carboxylic acids is 1. The number of amides is 1. The summed E-state index contributed by atoms with van der Waals surface area (Å²) >= 11 is 1.18. The fourth-order valence-electron chi connectivity index (χ4n) is 2.04. The van der Waals surface area contributed by atoms with Crippen LogP contribution in [-0.2, 0) is 4.79 Å². The lowest BCUT2D eigenvalue weighted by atomic mass is 10.3. The Bertz CT molecular complexity index is 895. The molecule has 0 spiro atoms. The SMILES string of the molecule is CC(Oc1ccccc1)C(=O)Nc1nc2ccc([N+](=O)[O-])cc2s1. The van der Waals surface area contributed by atoms with Crippen LogP contribution in [0, 0.1) is 10.1 Å². The van der Waals surface area contributed by atoms with Gasteiger partial charge in [-0.3, -0.25) is 20.2 Å². The molecule has 1 aromatic heterocycles. The van der Waals surface area contributed by atoms with Crippen molar-refractivity contribution in [2.75, 3.05) is 5.32 Å². The van der Waals surface area contributed by atoms with Crippen LogP contribution in [0.5, 0.6) is 5.75 Å². The number of non-ortho nitro benzene ring substituents is 1. The summed E-state index contributed by atoms with van der Waals surface area (Å²) in [4.78, 5) is 26.8. The number of hydrogen-bond acceptors (Lipinski definition) is 6. The number of benzene rings is 2. The lowest BCUT2D eigenvalue weighted by molar-refractivity contribution is -0.384. The molecule has 2 aromatic carbocycles. The van der Waals surface area contributed by atoms with E-state index >= 15 is 0 Å².